The average Bonchev–Trinajstić information content (AvgIpc) is 3.14. The van der Waals surface area contributed by atoms with Crippen LogP contribution in [0.4, 0.5) is 0 Å². The fourth-order valence-electron chi connectivity index (χ4n) is 14.1. The van der Waals surface area contributed by atoms with Gasteiger partial charge in [0.05, 0.1) is 0 Å². The fraction of sp³-hybridized carbons (Fsp3) is 0.945. The molecule has 4 rings (SSSR count). The molecule has 0 unspecified atom stereocenters. The summed E-state index contributed by atoms with van der Waals surface area (Å²) in [6.45, 7) is 47.1. The number of hydrogen-bond donors (Lipinski definition) is 6. The molecule has 0 bridgehead atoms. The summed E-state index contributed by atoms with van der Waals surface area (Å²) >= 11 is 0. The molecule has 0 atom stereocenters. The Morgan fingerprint density at radius 1 is 0.544 bits per heavy atom. The zero-order valence-electron chi connectivity index (χ0n) is 47.9. The summed E-state index contributed by atoms with van der Waals surface area (Å²) in [7, 11) is 1.73. The van der Waals surface area contributed by atoms with E-state index < -0.39 is 0 Å². The van der Waals surface area contributed by atoms with Gasteiger partial charge in [-0.3, -0.25) is 10.8 Å². The summed E-state index contributed by atoms with van der Waals surface area (Å²) in [4.78, 5) is 23.0. The van der Waals surface area contributed by atoms with Crippen LogP contribution in [-0.4, -0.2) is 146 Å². The van der Waals surface area contributed by atoms with Gasteiger partial charge < -0.3 is 41.7 Å². The zero-order chi connectivity index (χ0) is 51.1. The number of nitrogens with zero attached hydrogens (tertiary/aromatic N) is 7. The molecule has 8 N–H and O–H groups in total. The van der Waals surface area contributed by atoms with Crippen LogP contribution in [0.3, 0.4) is 0 Å². The van der Waals surface area contributed by atoms with E-state index in [9.17, 15) is 0 Å². The topological polar surface area (TPSA) is 150 Å². The van der Waals surface area contributed by atoms with Gasteiger partial charge in [0.25, 0.3) is 0 Å². The number of aliphatic imine (C=N–C) groups is 3. The normalized spacial score (nSPS) is 25.8. The van der Waals surface area contributed by atoms with Gasteiger partial charge in [0.1, 0.15) is 5.84 Å². The maximum atomic E-state index is 6.88. The molecular formula is C55H111N13. The van der Waals surface area contributed by atoms with Crippen molar-refractivity contribution in [1.82, 2.24) is 41.0 Å². The van der Waals surface area contributed by atoms with E-state index in [0.29, 0.717) is 24.1 Å². The molecule has 4 heterocycles. The van der Waals surface area contributed by atoms with E-state index in [4.69, 9.17) is 21.6 Å². The molecule has 0 spiro atoms. The lowest BCUT2D eigenvalue weighted by Crippen LogP contribution is -2.67. The number of amidine groups is 1. The maximum absolute atomic E-state index is 6.88. The van der Waals surface area contributed by atoms with Crippen molar-refractivity contribution >= 4 is 17.8 Å². The summed E-state index contributed by atoms with van der Waals surface area (Å²) in [5.74, 6) is 8.86. The molecule has 0 aromatic rings. The number of rotatable bonds is 19. The van der Waals surface area contributed by atoms with Crippen molar-refractivity contribution in [2.45, 2.75) is 296 Å². The van der Waals surface area contributed by atoms with Gasteiger partial charge in [-0.1, -0.05) is 32.6 Å². The van der Waals surface area contributed by atoms with E-state index >= 15 is 0 Å². The Kier molecular flexibility index (Phi) is 20.1. The summed E-state index contributed by atoms with van der Waals surface area (Å²) in [5, 5.41) is 17.7. The van der Waals surface area contributed by atoms with Crippen LogP contribution in [0.15, 0.2) is 15.0 Å². The monoisotopic (exact) mass is 954 g/mol. The van der Waals surface area contributed by atoms with Crippen LogP contribution in [0.1, 0.15) is 227 Å². The van der Waals surface area contributed by atoms with Gasteiger partial charge in [0.15, 0.2) is 0 Å². The maximum Gasteiger partial charge on any atom is 0.230 e. The lowest BCUT2D eigenvalue weighted by Gasteiger charge is -2.55. The SMILES string of the molecule is CCN(CCCCCCN(C(N=C(C)N(CCCCCCNC1CC(C)(C)NC(C)(C)C1)C1CC(C)(C)NC(C)(C)C1)=NC(N)=NC)C1CC(C)(C)N(N)C(C)(C)C1)C1CC(C)(C)NC(C)(C)C1. The van der Waals surface area contributed by atoms with Crippen molar-refractivity contribution in [3.05, 3.63) is 0 Å². The lowest BCUT2D eigenvalue weighted by atomic mass is 9.78. The number of hydrogen-bond acceptors (Lipinski definition) is 8. The van der Waals surface area contributed by atoms with Crippen LogP contribution < -0.4 is 32.8 Å². The Morgan fingerprint density at radius 2 is 0.941 bits per heavy atom. The first-order valence-corrected chi connectivity index (χ1v) is 27.5. The molecular weight excluding hydrogens is 843 g/mol. The second-order valence-corrected chi connectivity index (χ2v) is 27.4. The highest BCUT2D eigenvalue weighted by Crippen LogP contribution is 2.39. The molecule has 0 aromatic heterocycles. The Bertz CT molecular complexity index is 1610. The standard InChI is InChI=1S/C55H111N13/c1-20-65(43-35-50(7,8)63-51(9,10)36-43)30-26-23-24-28-32-67(45-39-54(15,16)68(57)55(17,18)40-45)47(61-46(56)58-19)60-41(2)66(44-37-52(11,12)64-53(13,14)38-44)31-27-22-21-25-29-59-42-33-48(3,4)62-49(5,6)34-42/h42-45,59,62-64H,20-40,57H2,1-19H3,(H2,56,58). The van der Waals surface area contributed by atoms with Crippen molar-refractivity contribution in [2.75, 3.05) is 39.8 Å². The minimum atomic E-state index is -0.213. The van der Waals surface area contributed by atoms with Gasteiger partial charge in [-0.15, -0.1) is 0 Å². The van der Waals surface area contributed by atoms with Gasteiger partial charge in [0.2, 0.25) is 11.9 Å². The number of guanidine groups is 2. The largest absolute Gasteiger partial charge is 0.368 e. The number of nitrogens with two attached hydrogens (primary N) is 2. The molecule has 4 saturated heterocycles. The predicted octanol–water partition coefficient (Wildman–Crippen LogP) is 9.16. The van der Waals surface area contributed by atoms with Crippen LogP contribution in [-0.2, 0) is 0 Å². The summed E-state index contributed by atoms with van der Waals surface area (Å²) in [6, 6.07) is 1.70. The molecule has 68 heavy (non-hydrogen) atoms. The molecule has 0 aliphatic carbocycles. The van der Waals surface area contributed by atoms with Crippen molar-refractivity contribution in [1.29, 1.82) is 0 Å². The van der Waals surface area contributed by atoms with E-state index in [1.54, 1.807) is 7.05 Å². The average molecular weight is 955 g/mol. The van der Waals surface area contributed by atoms with Gasteiger partial charge in [0, 0.05) is 88.6 Å². The lowest BCUT2D eigenvalue weighted by molar-refractivity contribution is -0.0564. The molecule has 4 aliphatic rings. The second kappa shape index (κ2) is 23.3. The van der Waals surface area contributed by atoms with Crippen LogP contribution >= 0.6 is 0 Å². The third-order valence-electron chi connectivity index (χ3n) is 15.8. The first-order chi connectivity index (χ1) is 31.2. The van der Waals surface area contributed by atoms with Crippen LogP contribution in [0.2, 0.25) is 0 Å². The molecule has 4 fully saturated rings. The van der Waals surface area contributed by atoms with Gasteiger partial charge in [-0.2, -0.15) is 4.99 Å². The molecule has 0 amide bonds. The first kappa shape index (κ1) is 58.7. The van der Waals surface area contributed by atoms with E-state index in [-0.39, 0.29) is 56.3 Å². The van der Waals surface area contributed by atoms with Gasteiger partial charge in [-0.25, -0.2) is 10.0 Å². The molecule has 13 nitrogen and oxygen atoms in total. The third-order valence-corrected chi connectivity index (χ3v) is 15.8. The minimum Gasteiger partial charge on any atom is -0.368 e. The summed E-state index contributed by atoms with van der Waals surface area (Å²) < 4.78 is 0. The molecule has 4 aliphatic heterocycles. The first-order valence-electron chi connectivity index (χ1n) is 27.5. The fourth-order valence-corrected chi connectivity index (χ4v) is 14.1. The van der Waals surface area contributed by atoms with E-state index in [2.05, 4.69) is 171 Å². The van der Waals surface area contributed by atoms with Crippen molar-refractivity contribution < 1.29 is 0 Å². The Hall–Kier alpha value is -1.87. The highest BCUT2D eigenvalue weighted by Gasteiger charge is 2.47. The number of nitrogens with one attached hydrogen (secondary N) is 4. The van der Waals surface area contributed by atoms with E-state index in [0.717, 1.165) is 83.5 Å². The zero-order valence-corrected chi connectivity index (χ0v) is 47.9. The van der Waals surface area contributed by atoms with E-state index in [1.807, 2.05) is 0 Å². The van der Waals surface area contributed by atoms with Crippen LogP contribution in [0.5, 0.6) is 0 Å². The van der Waals surface area contributed by atoms with E-state index in [1.165, 1.54) is 57.8 Å². The summed E-state index contributed by atoms with van der Waals surface area (Å²) in [5.41, 5.74) is 6.76. The summed E-state index contributed by atoms with van der Waals surface area (Å²) in [6.07, 6.45) is 18.0. The third kappa shape index (κ3) is 18.0. The molecule has 0 aromatic carbocycles. The van der Waals surface area contributed by atoms with Crippen LogP contribution in [0.25, 0.3) is 0 Å². The van der Waals surface area contributed by atoms with Crippen molar-refractivity contribution in [2.24, 2.45) is 26.6 Å². The number of hydrazine groups is 1. The highest BCUT2D eigenvalue weighted by molar-refractivity contribution is 6.00. The highest BCUT2D eigenvalue weighted by atomic mass is 15.5. The van der Waals surface area contributed by atoms with Crippen molar-refractivity contribution in [3.8, 4) is 0 Å². The Labute approximate surface area is 419 Å². The molecule has 0 saturated carbocycles. The molecule has 396 valence electrons. The van der Waals surface area contributed by atoms with Crippen molar-refractivity contribution in [3.63, 3.8) is 0 Å². The Morgan fingerprint density at radius 3 is 1.40 bits per heavy atom. The minimum absolute atomic E-state index is 0.00104. The number of unbranched alkanes of at least 4 members (excludes halogenated alkanes) is 6. The number of piperidine rings is 4. The van der Waals surface area contributed by atoms with Gasteiger partial charge in [-0.05, 0) is 214 Å². The molecule has 13 heteroatoms. The smallest absolute Gasteiger partial charge is 0.230 e. The van der Waals surface area contributed by atoms with Crippen LogP contribution in [0, 0.1) is 0 Å². The predicted molar refractivity (Wildman–Crippen MR) is 294 cm³/mol. The Balaban J connectivity index is 1.55. The quantitative estimate of drug-likeness (QED) is 0.0320. The van der Waals surface area contributed by atoms with Gasteiger partial charge >= 0.3 is 0 Å². The molecule has 0 radical (unpaired) electrons. The second-order valence-electron chi connectivity index (χ2n) is 27.4.